The minimum absolute atomic E-state index is 0.0386. The van der Waals surface area contributed by atoms with Gasteiger partial charge < -0.3 is 4.90 Å². The maximum atomic E-state index is 13.6. The highest BCUT2D eigenvalue weighted by Gasteiger charge is 2.36. The summed E-state index contributed by atoms with van der Waals surface area (Å²) in [7, 11) is 0. The molecule has 6 nitrogen and oxygen atoms in total. The second kappa shape index (κ2) is 8.28. The highest BCUT2D eigenvalue weighted by molar-refractivity contribution is 5.78. The number of fused-ring (bicyclic) bond motifs is 1. The predicted molar refractivity (Wildman–Crippen MR) is 109 cm³/mol. The zero-order chi connectivity index (χ0) is 22.2. The average Bonchev–Trinajstić information content (AvgIpc) is 3.17. The van der Waals surface area contributed by atoms with Gasteiger partial charge in [-0.3, -0.25) is 9.78 Å². The molecule has 0 spiro atoms. The summed E-state index contributed by atoms with van der Waals surface area (Å²) < 4.78 is 41.8. The number of amides is 1. The Morgan fingerprint density at radius 2 is 2.06 bits per heavy atom. The Hall–Kier alpha value is -2.97. The third kappa shape index (κ3) is 4.55. The molecule has 1 saturated heterocycles. The summed E-state index contributed by atoms with van der Waals surface area (Å²) in [5.74, 6) is -0.311. The van der Waals surface area contributed by atoms with Crippen LogP contribution in [0.3, 0.4) is 0 Å². The van der Waals surface area contributed by atoms with Gasteiger partial charge in [0.15, 0.2) is 5.65 Å². The van der Waals surface area contributed by atoms with Crippen molar-refractivity contribution in [1.29, 1.82) is 0 Å². The van der Waals surface area contributed by atoms with E-state index in [0.717, 1.165) is 23.4 Å². The minimum atomic E-state index is -4.54. The highest BCUT2D eigenvalue weighted by Crippen LogP contribution is 2.33. The number of pyridine rings is 1. The lowest BCUT2D eigenvalue weighted by Gasteiger charge is -2.32. The van der Waals surface area contributed by atoms with Crippen molar-refractivity contribution < 1.29 is 18.0 Å². The second-order valence-corrected chi connectivity index (χ2v) is 8.23. The number of nitrogens with zero attached hydrogens (tertiary/aromatic N) is 5. The van der Waals surface area contributed by atoms with Crippen LogP contribution < -0.4 is 0 Å². The summed E-state index contributed by atoms with van der Waals surface area (Å²) in [5.41, 5.74) is 0.968. The molecule has 0 aromatic carbocycles. The third-order valence-corrected chi connectivity index (χ3v) is 5.60. The standard InChI is InChI=1S/C22H24F3N5O/c1-14(2)17-11-19(22(23,24)25)30-20(27-17)12-18(28-30)15-6-5-9-29(13-15)21(31)10-16-7-3-4-8-26-16/h3-4,7-8,11-12,14-15H,5-6,9-10,13H2,1-2H3/t15-/m0/s1. The highest BCUT2D eigenvalue weighted by atomic mass is 19.4. The number of rotatable bonds is 4. The van der Waals surface area contributed by atoms with E-state index in [1.165, 1.54) is 0 Å². The first-order valence-electron chi connectivity index (χ1n) is 10.4. The summed E-state index contributed by atoms with van der Waals surface area (Å²) in [6.45, 7) is 4.66. The van der Waals surface area contributed by atoms with E-state index in [2.05, 4.69) is 15.1 Å². The monoisotopic (exact) mass is 431 g/mol. The van der Waals surface area contributed by atoms with Gasteiger partial charge in [0.2, 0.25) is 5.91 Å². The molecule has 0 bridgehead atoms. The number of aromatic nitrogens is 4. The van der Waals surface area contributed by atoms with Crippen molar-refractivity contribution in [2.24, 2.45) is 0 Å². The fourth-order valence-corrected chi connectivity index (χ4v) is 3.92. The van der Waals surface area contributed by atoms with Crippen LogP contribution in [-0.2, 0) is 17.4 Å². The van der Waals surface area contributed by atoms with Crippen LogP contribution in [-0.4, -0.2) is 43.5 Å². The summed E-state index contributed by atoms with van der Waals surface area (Å²) in [5, 5.41) is 4.26. The van der Waals surface area contributed by atoms with Crippen molar-refractivity contribution in [3.8, 4) is 0 Å². The second-order valence-electron chi connectivity index (χ2n) is 8.23. The van der Waals surface area contributed by atoms with Gasteiger partial charge in [0.1, 0.15) is 5.69 Å². The molecule has 0 saturated carbocycles. The Morgan fingerprint density at radius 3 is 2.74 bits per heavy atom. The van der Waals surface area contributed by atoms with Gasteiger partial charge in [0.25, 0.3) is 0 Å². The first-order chi connectivity index (χ1) is 14.7. The molecule has 0 N–H and O–H groups in total. The Kier molecular flexibility index (Phi) is 5.68. The number of likely N-dealkylation sites (tertiary alicyclic amines) is 1. The maximum Gasteiger partial charge on any atom is 0.433 e. The van der Waals surface area contributed by atoms with E-state index in [0.29, 0.717) is 30.2 Å². The van der Waals surface area contributed by atoms with Gasteiger partial charge in [-0.05, 0) is 37.0 Å². The first-order valence-corrected chi connectivity index (χ1v) is 10.4. The van der Waals surface area contributed by atoms with E-state index in [9.17, 15) is 18.0 Å². The van der Waals surface area contributed by atoms with Crippen molar-refractivity contribution in [3.63, 3.8) is 0 Å². The first kappa shape index (κ1) is 21.3. The summed E-state index contributed by atoms with van der Waals surface area (Å²) in [6, 6.07) is 8.12. The zero-order valence-corrected chi connectivity index (χ0v) is 17.4. The molecule has 0 radical (unpaired) electrons. The van der Waals surface area contributed by atoms with Crippen LogP contribution >= 0.6 is 0 Å². The number of carbonyl (C=O) groups excluding carboxylic acids is 1. The summed E-state index contributed by atoms with van der Waals surface area (Å²) in [4.78, 5) is 23.1. The van der Waals surface area contributed by atoms with Crippen molar-refractivity contribution in [1.82, 2.24) is 24.5 Å². The molecule has 4 heterocycles. The molecule has 3 aromatic heterocycles. The number of alkyl halides is 3. The molecular formula is C22H24F3N5O. The van der Waals surface area contributed by atoms with E-state index < -0.39 is 11.9 Å². The lowest BCUT2D eigenvalue weighted by molar-refractivity contribution is -0.142. The molecule has 9 heteroatoms. The molecule has 1 aliphatic heterocycles. The normalized spacial score (nSPS) is 17.5. The van der Waals surface area contributed by atoms with Gasteiger partial charge in [-0.2, -0.15) is 18.3 Å². The van der Waals surface area contributed by atoms with Gasteiger partial charge in [-0.1, -0.05) is 19.9 Å². The molecule has 164 valence electrons. The van der Waals surface area contributed by atoms with Crippen molar-refractivity contribution in [2.75, 3.05) is 13.1 Å². The molecule has 1 fully saturated rings. The Bertz CT molecular complexity index is 1080. The quantitative estimate of drug-likeness (QED) is 0.621. The molecule has 0 unspecified atom stereocenters. The van der Waals surface area contributed by atoms with E-state index in [4.69, 9.17) is 0 Å². The van der Waals surface area contributed by atoms with E-state index in [1.54, 1.807) is 29.3 Å². The third-order valence-electron chi connectivity index (χ3n) is 5.60. The van der Waals surface area contributed by atoms with Gasteiger partial charge in [0.05, 0.1) is 12.1 Å². The fourth-order valence-electron chi connectivity index (χ4n) is 3.92. The van der Waals surface area contributed by atoms with Crippen LogP contribution in [0.2, 0.25) is 0 Å². The summed E-state index contributed by atoms with van der Waals surface area (Å²) in [6.07, 6.45) is -1.16. The van der Waals surface area contributed by atoms with Crippen LogP contribution in [0.4, 0.5) is 13.2 Å². The van der Waals surface area contributed by atoms with Crippen LogP contribution in [0.25, 0.3) is 5.65 Å². The largest absolute Gasteiger partial charge is 0.433 e. The Morgan fingerprint density at radius 1 is 1.26 bits per heavy atom. The van der Waals surface area contributed by atoms with Gasteiger partial charge in [0, 0.05) is 42.7 Å². The van der Waals surface area contributed by atoms with Crippen molar-refractivity contribution >= 4 is 11.6 Å². The van der Waals surface area contributed by atoms with Crippen LogP contribution in [0.1, 0.15) is 61.3 Å². The number of hydrogen-bond acceptors (Lipinski definition) is 4. The Balaban J connectivity index is 1.60. The van der Waals surface area contributed by atoms with Gasteiger partial charge >= 0.3 is 6.18 Å². The Labute approximate surface area is 178 Å². The topological polar surface area (TPSA) is 63.4 Å². The maximum absolute atomic E-state index is 13.6. The van der Waals surface area contributed by atoms with Crippen LogP contribution in [0.15, 0.2) is 36.5 Å². The SMILES string of the molecule is CC(C)c1cc(C(F)(F)F)n2nc([C@H]3CCCN(C(=O)Cc4ccccn4)C3)cc2n1. The number of hydrogen-bond donors (Lipinski definition) is 0. The molecule has 1 amide bonds. The smallest absolute Gasteiger partial charge is 0.342 e. The zero-order valence-electron chi connectivity index (χ0n) is 17.4. The average molecular weight is 431 g/mol. The molecule has 3 aromatic rings. The van der Waals surface area contributed by atoms with E-state index in [-0.39, 0.29) is 29.8 Å². The molecule has 0 aliphatic carbocycles. The molecule has 1 aliphatic rings. The van der Waals surface area contributed by atoms with Crippen molar-refractivity contribution in [3.05, 3.63) is 59.3 Å². The van der Waals surface area contributed by atoms with Crippen molar-refractivity contribution in [2.45, 2.75) is 51.1 Å². The van der Waals surface area contributed by atoms with E-state index >= 15 is 0 Å². The predicted octanol–water partition coefficient (Wildman–Crippen LogP) is 4.22. The summed E-state index contributed by atoms with van der Waals surface area (Å²) >= 11 is 0. The lowest BCUT2D eigenvalue weighted by Crippen LogP contribution is -2.40. The van der Waals surface area contributed by atoms with Gasteiger partial charge in [-0.15, -0.1) is 0 Å². The molecule has 31 heavy (non-hydrogen) atoms. The molecule has 1 atom stereocenters. The fraction of sp³-hybridized carbons (Fsp3) is 0.455. The minimum Gasteiger partial charge on any atom is -0.342 e. The lowest BCUT2D eigenvalue weighted by atomic mass is 9.94. The molecule has 4 rings (SSSR count). The molecular weight excluding hydrogens is 407 g/mol. The van der Waals surface area contributed by atoms with E-state index in [1.807, 2.05) is 19.9 Å². The van der Waals surface area contributed by atoms with Crippen LogP contribution in [0, 0.1) is 0 Å². The van der Waals surface area contributed by atoms with Gasteiger partial charge in [-0.25, -0.2) is 9.50 Å². The van der Waals surface area contributed by atoms with Crippen LogP contribution in [0.5, 0.6) is 0 Å². The number of piperidine rings is 1. The number of halogens is 3. The number of carbonyl (C=O) groups is 1.